The van der Waals surface area contributed by atoms with E-state index in [1.165, 1.54) is 32.1 Å². The minimum atomic E-state index is -0.386. The van der Waals surface area contributed by atoms with E-state index in [0.29, 0.717) is 31.0 Å². The topological polar surface area (TPSA) is 70.7 Å². The fourth-order valence-electron chi connectivity index (χ4n) is 5.87. The highest BCUT2D eigenvalue weighted by Crippen LogP contribution is 2.53. The molecule has 1 atom stereocenters. The summed E-state index contributed by atoms with van der Waals surface area (Å²) in [7, 11) is 0. The van der Waals surface area contributed by atoms with Gasteiger partial charge in [0.05, 0.1) is 12.1 Å². The molecule has 140 valence electrons. The van der Waals surface area contributed by atoms with Crippen LogP contribution in [0, 0.1) is 23.7 Å². The maximum Gasteiger partial charge on any atom is 0.407 e. The molecule has 3 amide bonds. The van der Waals surface area contributed by atoms with Crippen molar-refractivity contribution in [3.63, 3.8) is 0 Å². The molecule has 4 saturated carbocycles. The van der Waals surface area contributed by atoms with Gasteiger partial charge in [0.15, 0.2) is 0 Å². The summed E-state index contributed by atoms with van der Waals surface area (Å²) in [6.07, 6.45) is 6.95. The molecule has 4 bridgehead atoms. The van der Waals surface area contributed by atoms with Gasteiger partial charge < -0.3 is 20.3 Å². The Morgan fingerprint density at radius 3 is 2.24 bits per heavy atom. The molecule has 2 N–H and O–H groups in total. The number of ether oxygens (including phenoxy) is 1. The van der Waals surface area contributed by atoms with Gasteiger partial charge in [-0.1, -0.05) is 0 Å². The second-order valence-electron chi connectivity index (χ2n) is 8.94. The van der Waals surface area contributed by atoms with Gasteiger partial charge in [-0.15, -0.1) is 0 Å². The van der Waals surface area contributed by atoms with Gasteiger partial charge in [-0.25, -0.2) is 9.59 Å². The first-order valence-corrected chi connectivity index (χ1v) is 10.0. The highest BCUT2D eigenvalue weighted by Gasteiger charge is 2.49. The minimum Gasteiger partial charge on any atom is -0.447 e. The van der Waals surface area contributed by atoms with Crippen LogP contribution in [0.25, 0.3) is 0 Å². The van der Waals surface area contributed by atoms with E-state index >= 15 is 0 Å². The van der Waals surface area contributed by atoms with Gasteiger partial charge in [-0.05, 0) is 76.0 Å². The summed E-state index contributed by atoms with van der Waals surface area (Å²) in [5.74, 6) is 3.22. The molecule has 0 spiro atoms. The van der Waals surface area contributed by atoms with Crippen LogP contribution in [0.5, 0.6) is 0 Å². The van der Waals surface area contributed by atoms with Crippen molar-refractivity contribution in [1.82, 2.24) is 15.5 Å². The van der Waals surface area contributed by atoms with Crippen LogP contribution in [0.15, 0.2) is 0 Å². The van der Waals surface area contributed by atoms with Crippen molar-refractivity contribution in [3.05, 3.63) is 0 Å². The molecule has 25 heavy (non-hydrogen) atoms. The maximum absolute atomic E-state index is 12.7. The summed E-state index contributed by atoms with van der Waals surface area (Å²) in [6, 6.07) is 0.424. The molecule has 0 aromatic carbocycles. The SMILES string of the molecule is CC(C)OC(=O)NC1CCN(C(=O)NC2C3CC4CC(C3)CC2C4)C1. The number of rotatable bonds is 3. The van der Waals surface area contributed by atoms with E-state index in [1.807, 2.05) is 18.7 Å². The molecule has 1 heterocycles. The van der Waals surface area contributed by atoms with Crippen molar-refractivity contribution in [2.24, 2.45) is 23.7 Å². The normalized spacial score (nSPS) is 38.9. The molecule has 0 aromatic heterocycles. The number of carbonyl (C=O) groups excluding carboxylic acids is 2. The van der Waals surface area contributed by atoms with Crippen LogP contribution in [-0.2, 0) is 4.74 Å². The van der Waals surface area contributed by atoms with Crippen LogP contribution in [0.1, 0.15) is 52.4 Å². The van der Waals surface area contributed by atoms with E-state index in [-0.39, 0.29) is 24.3 Å². The number of hydrogen-bond donors (Lipinski definition) is 2. The molecule has 1 unspecified atom stereocenters. The van der Waals surface area contributed by atoms with Crippen molar-refractivity contribution in [3.8, 4) is 0 Å². The molecular formula is C19H31N3O3. The Kier molecular flexibility index (Phi) is 4.54. The smallest absolute Gasteiger partial charge is 0.407 e. The van der Waals surface area contributed by atoms with Crippen molar-refractivity contribution < 1.29 is 14.3 Å². The predicted molar refractivity (Wildman–Crippen MR) is 94.1 cm³/mol. The number of carbonyl (C=O) groups is 2. The van der Waals surface area contributed by atoms with Gasteiger partial charge >= 0.3 is 12.1 Å². The van der Waals surface area contributed by atoms with Crippen molar-refractivity contribution in [2.75, 3.05) is 13.1 Å². The Morgan fingerprint density at radius 2 is 1.64 bits per heavy atom. The molecule has 1 aliphatic heterocycles. The molecule has 5 aliphatic rings. The van der Waals surface area contributed by atoms with Crippen molar-refractivity contribution in [1.29, 1.82) is 0 Å². The number of urea groups is 1. The number of likely N-dealkylation sites (tertiary alicyclic amines) is 1. The lowest BCUT2D eigenvalue weighted by molar-refractivity contribution is -0.0107. The number of nitrogens with one attached hydrogen (secondary N) is 2. The fraction of sp³-hybridized carbons (Fsp3) is 0.895. The lowest BCUT2D eigenvalue weighted by Crippen LogP contribution is -2.57. The number of alkyl carbamates (subject to hydrolysis) is 1. The van der Waals surface area contributed by atoms with E-state index in [9.17, 15) is 9.59 Å². The van der Waals surface area contributed by atoms with E-state index in [1.54, 1.807) is 0 Å². The van der Waals surface area contributed by atoms with E-state index in [4.69, 9.17) is 4.74 Å². The first kappa shape index (κ1) is 17.0. The number of amides is 3. The number of hydrogen-bond acceptors (Lipinski definition) is 3. The zero-order valence-electron chi connectivity index (χ0n) is 15.4. The van der Waals surface area contributed by atoms with Gasteiger partial charge in [0.2, 0.25) is 0 Å². The first-order valence-electron chi connectivity index (χ1n) is 10.0. The van der Waals surface area contributed by atoms with Gasteiger partial charge in [0.1, 0.15) is 0 Å². The van der Waals surface area contributed by atoms with Crippen LogP contribution in [0.2, 0.25) is 0 Å². The van der Waals surface area contributed by atoms with Crippen molar-refractivity contribution in [2.45, 2.75) is 70.6 Å². The Hall–Kier alpha value is -1.46. The zero-order valence-corrected chi connectivity index (χ0v) is 15.4. The molecule has 5 fully saturated rings. The Morgan fingerprint density at radius 1 is 1.00 bits per heavy atom. The van der Waals surface area contributed by atoms with Crippen molar-refractivity contribution >= 4 is 12.1 Å². The standard InChI is InChI=1S/C19H31N3O3/c1-11(2)25-19(24)20-16-3-4-22(10-16)18(23)21-17-14-6-12-5-13(8-14)9-15(17)7-12/h11-17H,3-10H2,1-2H3,(H,20,24)(H,21,23). The van der Waals surface area contributed by atoms with E-state index in [0.717, 1.165) is 18.3 Å². The molecule has 0 radical (unpaired) electrons. The highest BCUT2D eigenvalue weighted by molar-refractivity contribution is 5.75. The third kappa shape index (κ3) is 3.58. The Balaban J connectivity index is 1.27. The second kappa shape index (κ2) is 6.69. The van der Waals surface area contributed by atoms with Crippen LogP contribution < -0.4 is 10.6 Å². The average Bonchev–Trinajstić information content (AvgIpc) is 2.97. The predicted octanol–water partition coefficient (Wildman–Crippen LogP) is 2.73. The van der Waals surface area contributed by atoms with Gasteiger partial charge in [-0.3, -0.25) is 0 Å². The van der Waals surface area contributed by atoms with Crippen LogP contribution in [0.3, 0.4) is 0 Å². The summed E-state index contributed by atoms with van der Waals surface area (Å²) in [4.78, 5) is 26.3. The fourth-order valence-corrected chi connectivity index (χ4v) is 5.87. The maximum atomic E-state index is 12.7. The molecule has 0 aromatic rings. The Labute approximate surface area is 150 Å². The molecular weight excluding hydrogens is 318 g/mol. The highest BCUT2D eigenvalue weighted by atomic mass is 16.6. The second-order valence-corrected chi connectivity index (χ2v) is 8.94. The van der Waals surface area contributed by atoms with E-state index in [2.05, 4.69) is 10.6 Å². The summed E-state index contributed by atoms with van der Waals surface area (Å²) in [5, 5.41) is 6.22. The third-order valence-electron chi connectivity index (χ3n) is 6.66. The van der Waals surface area contributed by atoms with Crippen LogP contribution >= 0.6 is 0 Å². The Bertz CT molecular complexity index is 508. The minimum absolute atomic E-state index is 0.00417. The summed E-state index contributed by atoms with van der Waals surface area (Å²) >= 11 is 0. The molecule has 1 saturated heterocycles. The number of nitrogens with zero attached hydrogens (tertiary/aromatic N) is 1. The van der Waals surface area contributed by atoms with Crippen LogP contribution in [0.4, 0.5) is 9.59 Å². The lowest BCUT2D eigenvalue weighted by Gasteiger charge is -2.54. The van der Waals surface area contributed by atoms with E-state index < -0.39 is 0 Å². The molecule has 6 heteroatoms. The molecule has 4 aliphatic carbocycles. The van der Waals surface area contributed by atoms with Gasteiger partial charge in [0.25, 0.3) is 0 Å². The lowest BCUT2D eigenvalue weighted by atomic mass is 9.54. The monoisotopic (exact) mass is 349 g/mol. The molecule has 5 rings (SSSR count). The van der Waals surface area contributed by atoms with Crippen LogP contribution in [-0.4, -0.2) is 48.3 Å². The van der Waals surface area contributed by atoms with Gasteiger partial charge in [0, 0.05) is 19.1 Å². The summed E-state index contributed by atoms with van der Waals surface area (Å²) in [5.41, 5.74) is 0. The summed E-state index contributed by atoms with van der Waals surface area (Å²) in [6.45, 7) is 4.94. The van der Waals surface area contributed by atoms with Gasteiger partial charge in [-0.2, -0.15) is 0 Å². The summed E-state index contributed by atoms with van der Waals surface area (Å²) < 4.78 is 5.12. The molecule has 6 nitrogen and oxygen atoms in total. The zero-order chi connectivity index (χ0) is 17.6. The average molecular weight is 349 g/mol. The first-order chi connectivity index (χ1) is 12.0. The quantitative estimate of drug-likeness (QED) is 0.823. The third-order valence-corrected chi connectivity index (χ3v) is 6.66. The largest absolute Gasteiger partial charge is 0.447 e.